The van der Waals surface area contributed by atoms with E-state index in [-0.39, 0.29) is 5.91 Å². The Bertz CT molecular complexity index is 532. The van der Waals surface area contributed by atoms with Crippen LogP contribution in [-0.4, -0.2) is 53.4 Å². The van der Waals surface area contributed by atoms with E-state index in [0.29, 0.717) is 34.7 Å². The molecule has 1 aromatic rings. The van der Waals surface area contributed by atoms with E-state index in [0.717, 1.165) is 13.1 Å². The van der Waals surface area contributed by atoms with E-state index < -0.39 is 5.82 Å². The summed E-state index contributed by atoms with van der Waals surface area (Å²) in [6, 6.07) is 4.43. The molecule has 0 radical (unpaired) electrons. The van der Waals surface area contributed by atoms with E-state index in [2.05, 4.69) is 20.8 Å². The lowest BCUT2D eigenvalue weighted by Gasteiger charge is -2.34. The minimum atomic E-state index is -0.428. The van der Waals surface area contributed by atoms with Gasteiger partial charge in [0.15, 0.2) is 0 Å². The molecule has 1 heterocycles. The molecule has 2 N–H and O–H groups in total. The minimum absolute atomic E-state index is 0.147. The van der Waals surface area contributed by atoms with Gasteiger partial charge in [-0.25, -0.2) is 4.39 Å². The number of piperazine rings is 1. The first-order valence-corrected chi connectivity index (χ1v) is 7.42. The summed E-state index contributed by atoms with van der Waals surface area (Å²) in [5.41, 5.74) is 5.87. The van der Waals surface area contributed by atoms with Crippen LogP contribution in [0.25, 0.3) is 0 Å². The Balaban J connectivity index is 1.97. The van der Waals surface area contributed by atoms with Gasteiger partial charge < -0.3 is 10.6 Å². The third-order valence-corrected chi connectivity index (χ3v) is 3.98. The molecule has 1 fully saturated rings. The largest absolute Gasteiger partial charge is 0.392 e. The second kappa shape index (κ2) is 6.60. The third-order valence-electron chi connectivity index (χ3n) is 3.21. The fraction of sp³-hybridized carbons (Fsp3) is 0.385. The van der Waals surface area contributed by atoms with Crippen molar-refractivity contribution in [3.63, 3.8) is 0 Å². The summed E-state index contributed by atoms with van der Waals surface area (Å²) in [6.07, 6.45) is 0. The van der Waals surface area contributed by atoms with Crippen molar-refractivity contribution in [1.82, 2.24) is 9.80 Å². The fourth-order valence-corrected chi connectivity index (χ4v) is 2.57. The molecule has 108 valence electrons. The number of rotatable bonds is 3. The predicted octanol–water partition coefficient (Wildman–Crippen LogP) is 1.63. The molecule has 2 rings (SSSR count). The molecule has 7 heteroatoms. The van der Waals surface area contributed by atoms with Crippen molar-refractivity contribution in [2.24, 2.45) is 5.73 Å². The number of nitrogens with zero attached hydrogens (tertiary/aromatic N) is 2. The number of amides is 1. The van der Waals surface area contributed by atoms with Gasteiger partial charge in [0, 0.05) is 38.3 Å². The van der Waals surface area contributed by atoms with Crippen LogP contribution in [-0.2, 0) is 0 Å². The van der Waals surface area contributed by atoms with Crippen molar-refractivity contribution >= 4 is 39.0 Å². The number of nitrogens with two attached hydrogens (primary N) is 1. The van der Waals surface area contributed by atoms with Crippen molar-refractivity contribution in [2.45, 2.75) is 0 Å². The Morgan fingerprint density at radius 1 is 1.35 bits per heavy atom. The lowest BCUT2D eigenvalue weighted by Crippen LogP contribution is -2.50. The lowest BCUT2D eigenvalue weighted by atomic mass is 10.1. The van der Waals surface area contributed by atoms with Gasteiger partial charge in [0.1, 0.15) is 5.82 Å². The van der Waals surface area contributed by atoms with Gasteiger partial charge in [0.2, 0.25) is 0 Å². The molecule has 20 heavy (non-hydrogen) atoms. The molecule has 1 amide bonds. The van der Waals surface area contributed by atoms with Crippen molar-refractivity contribution < 1.29 is 9.18 Å². The number of benzene rings is 1. The molecule has 1 aromatic carbocycles. The summed E-state index contributed by atoms with van der Waals surface area (Å²) in [6.45, 7) is 3.21. The SMILES string of the molecule is NC(=S)CN1CCN(C(=O)c2ccc(Br)c(F)c2)CC1. The number of hydrogen-bond acceptors (Lipinski definition) is 3. The normalized spacial score (nSPS) is 16.2. The number of halogens is 2. The molecular formula is C13H15BrFN3OS. The Morgan fingerprint density at radius 2 is 2.00 bits per heavy atom. The second-order valence-electron chi connectivity index (χ2n) is 4.66. The number of carbonyl (C=O) groups excluding carboxylic acids is 1. The highest BCUT2D eigenvalue weighted by Crippen LogP contribution is 2.18. The van der Waals surface area contributed by atoms with Crippen molar-refractivity contribution in [3.05, 3.63) is 34.1 Å². The Labute approximate surface area is 130 Å². The summed E-state index contributed by atoms with van der Waals surface area (Å²) in [4.78, 5) is 16.6. The first kappa shape index (κ1) is 15.3. The molecule has 1 aliphatic rings. The third kappa shape index (κ3) is 3.74. The summed E-state index contributed by atoms with van der Waals surface area (Å²) in [5, 5.41) is 0. The molecule has 0 bridgehead atoms. The summed E-state index contributed by atoms with van der Waals surface area (Å²) in [5.74, 6) is -0.575. The van der Waals surface area contributed by atoms with Crippen LogP contribution in [0.2, 0.25) is 0 Å². The molecule has 1 aliphatic heterocycles. The first-order chi connectivity index (χ1) is 9.47. The lowest BCUT2D eigenvalue weighted by molar-refractivity contribution is 0.0654. The Morgan fingerprint density at radius 3 is 2.55 bits per heavy atom. The van der Waals surface area contributed by atoms with E-state index in [1.54, 1.807) is 17.0 Å². The Hall–Kier alpha value is -1.05. The fourth-order valence-electron chi connectivity index (χ4n) is 2.14. The van der Waals surface area contributed by atoms with Crippen LogP contribution < -0.4 is 5.73 Å². The second-order valence-corrected chi connectivity index (χ2v) is 6.04. The van der Waals surface area contributed by atoms with Crippen LogP contribution in [0.4, 0.5) is 4.39 Å². The number of carbonyl (C=O) groups is 1. The average molecular weight is 360 g/mol. The molecule has 0 atom stereocenters. The van der Waals surface area contributed by atoms with Crippen LogP contribution in [0.3, 0.4) is 0 Å². The van der Waals surface area contributed by atoms with E-state index >= 15 is 0 Å². The van der Waals surface area contributed by atoms with Gasteiger partial charge in [-0.2, -0.15) is 0 Å². The van der Waals surface area contributed by atoms with Crippen molar-refractivity contribution in [1.29, 1.82) is 0 Å². The van der Waals surface area contributed by atoms with Crippen molar-refractivity contribution in [3.8, 4) is 0 Å². The van der Waals surface area contributed by atoms with Gasteiger partial charge in [0.05, 0.1) is 9.46 Å². The molecular weight excluding hydrogens is 345 g/mol. The van der Waals surface area contributed by atoms with Crippen LogP contribution in [0, 0.1) is 5.82 Å². The molecule has 0 aromatic heterocycles. The maximum absolute atomic E-state index is 13.5. The van der Waals surface area contributed by atoms with Crippen molar-refractivity contribution in [2.75, 3.05) is 32.7 Å². The minimum Gasteiger partial charge on any atom is -0.392 e. The molecule has 0 aliphatic carbocycles. The van der Waals surface area contributed by atoms with Crippen LogP contribution in [0.15, 0.2) is 22.7 Å². The highest BCUT2D eigenvalue weighted by atomic mass is 79.9. The molecule has 0 spiro atoms. The molecule has 0 saturated carbocycles. The zero-order valence-corrected chi connectivity index (χ0v) is 13.2. The van der Waals surface area contributed by atoms with Gasteiger partial charge in [0.25, 0.3) is 5.91 Å². The van der Waals surface area contributed by atoms with E-state index in [1.165, 1.54) is 6.07 Å². The van der Waals surface area contributed by atoms with Gasteiger partial charge in [-0.05, 0) is 34.1 Å². The topological polar surface area (TPSA) is 49.6 Å². The van der Waals surface area contributed by atoms with Crippen LogP contribution in [0.1, 0.15) is 10.4 Å². The highest BCUT2D eigenvalue weighted by molar-refractivity contribution is 9.10. The van der Waals surface area contributed by atoms with Gasteiger partial charge in [-0.1, -0.05) is 12.2 Å². The maximum Gasteiger partial charge on any atom is 0.254 e. The standard InChI is InChI=1S/C13H15BrFN3OS/c14-10-2-1-9(7-11(10)15)13(19)18-5-3-17(4-6-18)8-12(16)20/h1-2,7H,3-6,8H2,(H2,16,20). The quantitative estimate of drug-likeness (QED) is 0.833. The monoisotopic (exact) mass is 359 g/mol. The zero-order chi connectivity index (χ0) is 14.7. The average Bonchev–Trinajstić information content (AvgIpc) is 2.41. The summed E-state index contributed by atoms with van der Waals surface area (Å²) >= 11 is 7.94. The summed E-state index contributed by atoms with van der Waals surface area (Å²) in [7, 11) is 0. The van der Waals surface area contributed by atoms with E-state index in [9.17, 15) is 9.18 Å². The van der Waals surface area contributed by atoms with E-state index in [4.69, 9.17) is 18.0 Å². The molecule has 0 unspecified atom stereocenters. The van der Waals surface area contributed by atoms with Gasteiger partial charge >= 0.3 is 0 Å². The number of thiocarbonyl (C=S) groups is 1. The van der Waals surface area contributed by atoms with Crippen LogP contribution in [0.5, 0.6) is 0 Å². The molecule has 4 nitrogen and oxygen atoms in total. The number of hydrogen-bond donors (Lipinski definition) is 1. The van der Waals surface area contributed by atoms with Gasteiger partial charge in [-0.15, -0.1) is 0 Å². The Kier molecular flexibility index (Phi) is 5.06. The maximum atomic E-state index is 13.5. The predicted molar refractivity (Wildman–Crippen MR) is 83.2 cm³/mol. The highest BCUT2D eigenvalue weighted by Gasteiger charge is 2.22. The summed E-state index contributed by atoms with van der Waals surface area (Å²) < 4.78 is 13.8. The smallest absolute Gasteiger partial charge is 0.254 e. The zero-order valence-electron chi connectivity index (χ0n) is 10.8. The van der Waals surface area contributed by atoms with Crippen LogP contribution >= 0.6 is 28.1 Å². The first-order valence-electron chi connectivity index (χ1n) is 6.22. The van der Waals surface area contributed by atoms with E-state index in [1.807, 2.05) is 0 Å². The molecule has 1 saturated heterocycles. The van der Waals surface area contributed by atoms with Gasteiger partial charge in [-0.3, -0.25) is 9.69 Å².